The molecule has 0 N–H and O–H groups in total. The fraction of sp³-hybridized carbons (Fsp3) is 0.909. The fourth-order valence-corrected chi connectivity index (χ4v) is 2.78. The van der Waals surface area contributed by atoms with Gasteiger partial charge in [0.15, 0.2) is 0 Å². The van der Waals surface area contributed by atoms with E-state index in [0.29, 0.717) is 0 Å². The van der Waals surface area contributed by atoms with Crippen molar-refractivity contribution in [3.8, 4) is 0 Å². The van der Waals surface area contributed by atoms with Crippen molar-refractivity contribution in [1.82, 2.24) is 0 Å². The number of aldehydes is 1. The van der Waals surface area contributed by atoms with Crippen LogP contribution in [-0.4, -0.2) is 18.3 Å². The zero-order valence-electron chi connectivity index (χ0n) is 8.55. The lowest BCUT2D eigenvalue weighted by Gasteiger charge is -2.25. The van der Waals surface area contributed by atoms with Gasteiger partial charge in [-0.3, -0.25) is 0 Å². The van der Waals surface area contributed by atoms with Crippen LogP contribution in [0.4, 0.5) is 0 Å². The SMILES string of the molecule is CSCCC1(C=O)CCCCCC1. The molecule has 0 aromatic carbocycles. The van der Waals surface area contributed by atoms with Gasteiger partial charge >= 0.3 is 0 Å². The molecule has 0 spiro atoms. The highest BCUT2D eigenvalue weighted by Gasteiger charge is 2.29. The first-order valence-electron chi connectivity index (χ1n) is 5.28. The van der Waals surface area contributed by atoms with E-state index in [4.69, 9.17) is 0 Å². The lowest BCUT2D eigenvalue weighted by Crippen LogP contribution is -2.22. The Morgan fingerprint density at radius 2 is 1.85 bits per heavy atom. The van der Waals surface area contributed by atoms with Gasteiger partial charge in [0, 0.05) is 5.41 Å². The predicted octanol–water partition coefficient (Wildman–Crippen LogP) is 3.28. The zero-order chi connectivity index (χ0) is 9.57. The maximum atomic E-state index is 11.1. The molecule has 76 valence electrons. The Morgan fingerprint density at radius 3 is 2.31 bits per heavy atom. The fourth-order valence-electron chi connectivity index (χ4n) is 2.16. The Morgan fingerprint density at radius 1 is 1.23 bits per heavy atom. The van der Waals surface area contributed by atoms with Gasteiger partial charge in [-0.25, -0.2) is 0 Å². The Bertz CT molecular complexity index is 148. The normalized spacial score (nSPS) is 22.2. The smallest absolute Gasteiger partial charge is 0.126 e. The molecule has 1 rings (SSSR count). The van der Waals surface area contributed by atoms with Gasteiger partial charge in [0.2, 0.25) is 0 Å². The van der Waals surface area contributed by atoms with Crippen molar-refractivity contribution in [2.75, 3.05) is 12.0 Å². The van der Waals surface area contributed by atoms with Gasteiger partial charge in [-0.1, -0.05) is 25.7 Å². The van der Waals surface area contributed by atoms with E-state index in [1.807, 2.05) is 11.8 Å². The molecule has 0 aromatic rings. The van der Waals surface area contributed by atoms with E-state index in [2.05, 4.69) is 6.26 Å². The molecule has 1 saturated carbocycles. The highest BCUT2D eigenvalue weighted by molar-refractivity contribution is 7.98. The first-order chi connectivity index (χ1) is 6.33. The van der Waals surface area contributed by atoms with Crippen molar-refractivity contribution < 1.29 is 4.79 Å². The summed E-state index contributed by atoms with van der Waals surface area (Å²) in [4.78, 5) is 11.1. The van der Waals surface area contributed by atoms with Crippen molar-refractivity contribution in [2.24, 2.45) is 5.41 Å². The molecule has 0 amide bonds. The third-order valence-corrected chi connectivity index (χ3v) is 3.77. The molecule has 0 aliphatic heterocycles. The van der Waals surface area contributed by atoms with Crippen LogP contribution < -0.4 is 0 Å². The molecular formula is C11H20OS. The minimum atomic E-state index is 0.0551. The van der Waals surface area contributed by atoms with E-state index >= 15 is 0 Å². The van der Waals surface area contributed by atoms with Crippen LogP contribution in [0.25, 0.3) is 0 Å². The third-order valence-electron chi connectivity index (χ3n) is 3.15. The summed E-state index contributed by atoms with van der Waals surface area (Å²) < 4.78 is 0. The van der Waals surface area contributed by atoms with Crippen molar-refractivity contribution >= 4 is 18.0 Å². The number of carbonyl (C=O) groups excluding carboxylic acids is 1. The molecule has 0 atom stereocenters. The van der Waals surface area contributed by atoms with E-state index in [1.165, 1.54) is 32.0 Å². The second-order valence-corrected chi connectivity index (χ2v) is 5.12. The Kier molecular flexibility index (Phi) is 4.86. The van der Waals surface area contributed by atoms with Gasteiger partial charge in [0.25, 0.3) is 0 Å². The van der Waals surface area contributed by atoms with Crippen LogP contribution in [0.15, 0.2) is 0 Å². The maximum absolute atomic E-state index is 11.1. The van der Waals surface area contributed by atoms with Crippen LogP contribution >= 0.6 is 11.8 Å². The Hall–Kier alpha value is 0.0200. The minimum absolute atomic E-state index is 0.0551. The molecule has 2 heteroatoms. The summed E-state index contributed by atoms with van der Waals surface area (Å²) in [5.41, 5.74) is 0.0551. The topological polar surface area (TPSA) is 17.1 Å². The van der Waals surface area contributed by atoms with Gasteiger partial charge in [-0.05, 0) is 31.3 Å². The molecular weight excluding hydrogens is 180 g/mol. The molecule has 1 aliphatic rings. The molecule has 0 radical (unpaired) electrons. The quantitative estimate of drug-likeness (QED) is 0.512. The van der Waals surface area contributed by atoms with Gasteiger partial charge in [0.1, 0.15) is 6.29 Å². The molecule has 13 heavy (non-hydrogen) atoms. The van der Waals surface area contributed by atoms with E-state index in [0.717, 1.165) is 25.0 Å². The Labute approximate surface area is 85.7 Å². The number of hydrogen-bond acceptors (Lipinski definition) is 2. The zero-order valence-corrected chi connectivity index (χ0v) is 9.37. The summed E-state index contributed by atoms with van der Waals surface area (Å²) in [6.45, 7) is 0. The van der Waals surface area contributed by atoms with E-state index < -0.39 is 0 Å². The summed E-state index contributed by atoms with van der Waals surface area (Å²) >= 11 is 1.86. The van der Waals surface area contributed by atoms with Crippen LogP contribution in [0, 0.1) is 5.41 Å². The monoisotopic (exact) mass is 200 g/mol. The first-order valence-corrected chi connectivity index (χ1v) is 6.68. The summed E-state index contributed by atoms with van der Waals surface area (Å²) in [6, 6.07) is 0. The molecule has 0 heterocycles. The van der Waals surface area contributed by atoms with Crippen LogP contribution in [0.2, 0.25) is 0 Å². The van der Waals surface area contributed by atoms with Crippen LogP contribution in [0.1, 0.15) is 44.9 Å². The van der Waals surface area contributed by atoms with Gasteiger partial charge in [-0.15, -0.1) is 0 Å². The number of thioether (sulfide) groups is 1. The van der Waals surface area contributed by atoms with Crippen molar-refractivity contribution in [3.05, 3.63) is 0 Å². The van der Waals surface area contributed by atoms with Crippen molar-refractivity contribution in [3.63, 3.8) is 0 Å². The molecule has 1 fully saturated rings. The standard InChI is InChI=1S/C11H20OS/c1-13-9-8-11(10-12)6-4-2-3-5-7-11/h10H,2-9H2,1H3. The highest BCUT2D eigenvalue weighted by atomic mass is 32.2. The van der Waals surface area contributed by atoms with Crippen molar-refractivity contribution in [1.29, 1.82) is 0 Å². The Balaban J connectivity index is 2.48. The first kappa shape index (κ1) is 11.1. The second-order valence-electron chi connectivity index (χ2n) is 4.14. The molecule has 0 saturated heterocycles. The molecule has 0 aromatic heterocycles. The number of hydrogen-bond donors (Lipinski definition) is 0. The number of carbonyl (C=O) groups is 1. The van der Waals surface area contributed by atoms with Crippen LogP contribution in [0.3, 0.4) is 0 Å². The average molecular weight is 200 g/mol. The molecule has 0 unspecified atom stereocenters. The predicted molar refractivity (Wildman–Crippen MR) is 59.2 cm³/mol. The number of rotatable bonds is 4. The van der Waals surface area contributed by atoms with Crippen molar-refractivity contribution in [2.45, 2.75) is 44.9 Å². The molecule has 0 bridgehead atoms. The maximum Gasteiger partial charge on any atom is 0.126 e. The molecule has 1 nitrogen and oxygen atoms in total. The second kappa shape index (κ2) is 5.69. The average Bonchev–Trinajstić information content (AvgIpc) is 2.41. The van der Waals surface area contributed by atoms with E-state index in [1.54, 1.807) is 0 Å². The van der Waals surface area contributed by atoms with Gasteiger partial charge in [-0.2, -0.15) is 11.8 Å². The van der Waals surface area contributed by atoms with Gasteiger partial charge in [0.05, 0.1) is 0 Å². The third kappa shape index (κ3) is 3.34. The summed E-state index contributed by atoms with van der Waals surface area (Å²) in [6.07, 6.45) is 11.9. The summed E-state index contributed by atoms with van der Waals surface area (Å²) in [5.74, 6) is 1.14. The highest BCUT2D eigenvalue weighted by Crippen LogP contribution is 2.36. The molecule has 1 aliphatic carbocycles. The van der Waals surface area contributed by atoms with E-state index in [-0.39, 0.29) is 5.41 Å². The summed E-state index contributed by atoms with van der Waals surface area (Å²) in [7, 11) is 0. The lowest BCUT2D eigenvalue weighted by molar-refractivity contribution is -0.117. The van der Waals surface area contributed by atoms with Crippen LogP contribution in [0.5, 0.6) is 0 Å². The lowest BCUT2D eigenvalue weighted by atomic mass is 9.79. The van der Waals surface area contributed by atoms with Crippen LogP contribution in [-0.2, 0) is 4.79 Å². The minimum Gasteiger partial charge on any atom is -0.303 e. The summed E-state index contributed by atoms with van der Waals surface area (Å²) in [5, 5.41) is 0. The van der Waals surface area contributed by atoms with E-state index in [9.17, 15) is 4.79 Å². The van der Waals surface area contributed by atoms with Gasteiger partial charge < -0.3 is 4.79 Å². The largest absolute Gasteiger partial charge is 0.303 e.